The van der Waals surface area contributed by atoms with Crippen molar-refractivity contribution in [1.82, 2.24) is 19.5 Å². The van der Waals surface area contributed by atoms with Crippen LogP contribution in [0, 0.1) is 0 Å². The summed E-state index contributed by atoms with van der Waals surface area (Å²) in [6.07, 6.45) is -4.69. The minimum Gasteiger partial charge on any atom is -0.327 e. The van der Waals surface area contributed by atoms with E-state index in [9.17, 15) is 18.0 Å². The zero-order chi connectivity index (χ0) is 12.1. The Kier molecular flexibility index (Phi) is 2.30. The van der Waals surface area contributed by atoms with Crippen LogP contribution in [-0.2, 0) is 13.2 Å². The fourth-order valence-electron chi connectivity index (χ4n) is 1.26. The van der Waals surface area contributed by atoms with Crippen molar-refractivity contribution in [2.45, 2.75) is 6.18 Å². The van der Waals surface area contributed by atoms with Crippen LogP contribution in [-0.4, -0.2) is 19.5 Å². The van der Waals surface area contributed by atoms with Crippen molar-refractivity contribution in [3.05, 3.63) is 20.9 Å². The standard InChI is InChI=1S/C7H4BrF3N4O/c1-15-4(16)2-3(14-6(8)12-2)13-5(15)7(9,10)11/h1H3,(H,12,14). The van der Waals surface area contributed by atoms with E-state index < -0.39 is 17.6 Å². The van der Waals surface area contributed by atoms with Gasteiger partial charge in [-0.3, -0.25) is 9.36 Å². The Hall–Kier alpha value is -1.38. The molecule has 5 nitrogen and oxygen atoms in total. The fourth-order valence-corrected chi connectivity index (χ4v) is 1.62. The molecule has 86 valence electrons. The highest BCUT2D eigenvalue weighted by Crippen LogP contribution is 2.27. The summed E-state index contributed by atoms with van der Waals surface area (Å²) < 4.78 is 38.1. The van der Waals surface area contributed by atoms with Crippen molar-refractivity contribution in [1.29, 1.82) is 0 Å². The van der Waals surface area contributed by atoms with E-state index in [0.29, 0.717) is 4.57 Å². The third kappa shape index (κ3) is 1.60. The largest absolute Gasteiger partial charge is 0.449 e. The van der Waals surface area contributed by atoms with Crippen molar-refractivity contribution in [3.8, 4) is 0 Å². The Morgan fingerprint density at radius 3 is 2.56 bits per heavy atom. The molecule has 0 saturated heterocycles. The first-order valence-corrected chi connectivity index (χ1v) is 4.79. The zero-order valence-electron chi connectivity index (χ0n) is 7.76. The van der Waals surface area contributed by atoms with E-state index in [1.807, 2.05) is 0 Å². The van der Waals surface area contributed by atoms with Crippen LogP contribution in [0.2, 0.25) is 0 Å². The van der Waals surface area contributed by atoms with Gasteiger partial charge >= 0.3 is 6.18 Å². The Labute approximate surface area is 94.4 Å². The summed E-state index contributed by atoms with van der Waals surface area (Å²) in [5, 5.41) is 0. The average Bonchev–Trinajstić information content (AvgIpc) is 2.51. The molecule has 2 aromatic rings. The first kappa shape index (κ1) is 11.1. The Morgan fingerprint density at radius 2 is 2.00 bits per heavy atom. The number of H-pyrrole nitrogens is 1. The molecule has 0 spiro atoms. The molecule has 1 N–H and O–H groups in total. The molecule has 0 amide bonds. The summed E-state index contributed by atoms with van der Waals surface area (Å²) in [5.74, 6) is -1.27. The third-order valence-corrected chi connectivity index (χ3v) is 2.33. The molecule has 2 aromatic heterocycles. The molecule has 0 aliphatic heterocycles. The molecule has 16 heavy (non-hydrogen) atoms. The molecule has 0 radical (unpaired) electrons. The highest BCUT2D eigenvalue weighted by molar-refractivity contribution is 9.10. The number of aromatic amines is 1. The Bertz CT molecular complexity index is 614. The normalized spacial score (nSPS) is 12.3. The van der Waals surface area contributed by atoms with Gasteiger partial charge in [-0.05, 0) is 15.9 Å². The van der Waals surface area contributed by atoms with Gasteiger partial charge in [0.2, 0.25) is 5.82 Å². The van der Waals surface area contributed by atoms with Crippen LogP contribution >= 0.6 is 15.9 Å². The van der Waals surface area contributed by atoms with E-state index in [1.165, 1.54) is 0 Å². The average molecular weight is 297 g/mol. The second kappa shape index (κ2) is 3.30. The molecule has 9 heteroatoms. The van der Waals surface area contributed by atoms with E-state index in [1.54, 1.807) is 0 Å². The minimum atomic E-state index is -4.69. The molecule has 2 rings (SSSR count). The van der Waals surface area contributed by atoms with Crippen molar-refractivity contribution >= 4 is 27.1 Å². The number of imidazole rings is 1. The molecule has 0 aliphatic carbocycles. The Morgan fingerprint density at radius 1 is 1.38 bits per heavy atom. The highest BCUT2D eigenvalue weighted by Gasteiger charge is 2.36. The summed E-state index contributed by atoms with van der Waals surface area (Å²) in [6, 6.07) is 0. The van der Waals surface area contributed by atoms with Gasteiger partial charge in [0.1, 0.15) is 0 Å². The van der Waals surface area contributed by atoms with Crippen LogP contribution in [0.15, 0.2) is 9.53 Å². The zero-order valence-corrected chi connectivity index (χ0v) is 9.35. The predicted octanol–water partition coefficient (Wildman–Crippen LogP) is 1.44. The quantitative estimate of drug-likeness (QED) is 0.748. The number of nitrogens with one attached hydrogen (secondary N) is 1. The molecule has 2 heterocycles. The lowest BCUT2D eigenvalue weighted by molar-refractivity contribution is -0.147. The van der Waals surface area contributed by atoms with E-state index in [-0.39, 0.29) is 15.9 Å². The first-order valence-electron chi connectivity index (χ1n) is 4.00. The van der Waals surface area contributed by atoms with Crippen LogP contribution in [0.5, 0.6) is 0 Å². The van der Waals surface area contributed by atoms with Gasteiger partial charge in [-0.2, -0.15) is 13.2 Å². The molecule has 0 aliphatic rings. The van der Waals surface area contributed by atoms with Gasteiger partial charge in [0, 0.05) is 7.05 Å². The fraction of sp³-hybridized carbons (Fsp3) is 0.286. The first-order chi connectivity index (χ1) is 7.30. The van der Waals surface area contributed by atoms with Crippen molar-refractivity contribution in [2.75, 3.05) is 0 Å². The van der Waals surface area contributed by atoms with E-state index >= 15 is 0 Å². The van der Waals surface area contributed by atoms with Gasteiger partial charge in [0.05, 0.1) is 0 Å². The maximum absolute atomic E-state index is 12.5. The predicted molar refractivity (Wildman–Crippen MR) is 51.8 cm³/mol. The highest BCUT2D eigenvalue weighted by atomic mass is 79.9. The SMILES string of the molecule is Cn1c(C(F)(F)F)nc2nc(Br)[nH]c2c1=O. The number of hydrogen-bond donors (Lipinski definition) is 1. The molecular formula is C7H4BrF3N4O. The molecular weight excluding hydrogens is 293 g/mol. The lowest BCUT2D eigenvalue weighted by atomic mass is 10.4. The van der Waals surface area contributed by atoms with Crippen LogP contribution in [0.1, 0.15) is 5.82 Å². The van der Waals surface area contributed by atoms with Gasteiger partial charge in [0.25, 0.3) is 5.56 Å². The number of aromatic nitrogens is 4. The molecule has 0 fully saturated rings. The molecule has 0 saturated carbocycles. The van der Waals surface area contributed by atoms with Crippen molar-refractivity contribution < 1.29 is 13.2 Å². The number of nitrogens with zero attached hydrogens (tertiary/aromatic N) is 3. The summed E-state index contributed by atoms with van der Waals surface area (Å²) >= 11 is 2.92. The number of fused-ring (bicyclic) bond motifs is 1. The van der Waals surface area contributed by atoms with Crippen LogP contribution < -0.4 is 5.56 Å². The van der Waals surface area contributed by atoms with Crippen molar-refractivity contribution in [3.63, 3.8) is 0 Å². The van der Waals surface area contributed by atoms with Crippen LogP contribution in [0.4, 0.5) is 13.2 Å². The summed E-state index contributed by atoms with van der Waals surface area (Å²) in [5.41, 5.74) is -1.15. The van der Waals surface area contributed by atoms with E-state index in [4.69, 9.17) is 0 Å². The van der Waals surface area contributed by atoms with E-state index in [2.05, 4.69) is 30.9 Å². The maximum Gasteiger partial charge on any atom is 0.449 e. The molecule has 0 unspecified atom stereocenters. The summed E-state index contributed by atoms with van der Waals surface area (Å²) in [7, 11) is 1.01. The van der Waals surface area contributed by atoms with Crippen molar-refractivity contribution in [2.24, 2.45) is 7.05 Å². The minimum absolute atomic E-state index is 0.0672. The number of halogens is 4. The molecule has 0 atom stereocenters. The number of rotatable bonds is 0. The molecule has 0 bridgehead atoms. The third-order valence-electron chi connectivity index (χ3n) is 1.96. The lowest BCUT2D eigenvalue weighted by Gasteiger charge is -2.09. The van der Waals surface area contributed by atoms with Gasteiger partial charge in [-0.15, -0.1) is 0 Å². The topological polar surface area (TPSA) is 63.6 Å². The molecule has 0 aromatic carbocycles. The van der Waals surface area contributed by atoms with Gasteiger partial charge in [0.15, 0.2) is 15.9 Å². The number of alkyl halides is 3. The Balaban J connectivity index is 2.89. The van der Waals surface area contributed by atoms with Crippen LogP contribution in [0.25, 0.3) is 11.2 Å². The summed E-state index contributed by atoms with van der Waals surface area (Å²) in [6.45, 7) is 0. The lowest BCUT2D eigenvalue weighted by Crippen LogP contribution is -2.27. The second-order valence-corrected chi connectivity index (χ2v) is 3.77. The van der Waals surface area contributed by atoms with E-state index in [0.717, 1.165) is 7.05 Å². The van der Waals surface area contributed by atoms with Gasteiger partial charge < -0.3 is 4.98 Å². The van der Waals surface area contributed by atoms with Crippen LogP contribution in [0.3, 0.4) is 0 Å². The number of hydrogen-bond acceptors (Lipinski definition) is 3. The van der Waals surface area contributed by atoms with Gasteiger partial charge in [-0.1, -0.05) is 0 Å². The van der Waals surface area contributed by atoms with Gasteiger partial charge in [-0.25, -0.2) is 9.97 Å². The second-order valence-electron chi connectivity index (χ2n) is 3.02. The smallest absolute Gasteiger partial charge is 0.327 e. The monoisotopic (exact) mass is 296 g/mol. The summed E-state index contributed by atoms with van der Waals surface area (Å²) in [4.78, 5) is 20.9. The maximum atomic E-state index is 12.5.